The molecule has 1 aromatic rings. The van der Waals surface area contributed by atoms with Gasteiger partial charge in [0.05, 0.1) is 6.42 Å². The number of hydrogen-bond acceptors (Lipinski definition) is 2. The van der Waals surface area contributed by atoms with Crippen molar-refractivity contribution in [2.24, 2.45) is 11.7 Å². The summed E-state index contributed by atoms with van der Waals surface area (Å²) in [5.41, 5.74) is 6.69. The summed E-state index contributed by atoms with van der Waals surface area (Å²) >= 11 is 0. The highest BCUT2D eigenvalue weighted by atomic mass is 16.1. The molecule has 2 rings (SSSR count). The largest absolute Gasteiger partial charge is 0.352 e. The molecule has 1 atom stereocenters. The van der Waals surface area contributed by atoms with Crippen molar-refractivity contribution in [1.82, 2.24) is 5.32 Å². The predicted octanol–water partition coefficient (Wildman–Crippen LogP) is 1.08. The number of carbonyl (C=O) groups excluding carboxylic acids is 1. The molecule has 16 heavy (non-hydrogen) atoms. The summed E-state index contributed by atoms with van der Waals surface area (Å²) in [5, 5.41) is 3.01. The molecule has 0 aromatic heterocycles. The topological polar surface area (TPSA) is 55.1 Å². The molecule has 1 aliphatic carbocycles. The van der Waals surface area contributed by atoms with E-state index in [0.717, 1.165) is 5.56 Å². The van der Waals surface area contributed by atoms with Gasteiger partial charge in [-0.15, -0.1) is 0 Å². The third kappa shape index (κ3) is 3.07. The van der Waals surface area contributed by atoms with E-state index in [9.17, 15) is 4.79 Å². The van der Waals surface area contributed by atoms with Crippen LogP contribution < -0.4 is 11.1 Å². The maximum absolute atomic E-state index is 11.7. The fraction of sp³-hybridized carbons (Fsp3) is 0.462. The minimum atomic E-state index is 0.0774. The third-order valence-electron chi connectivity index (χ3n) is 3.00. The summed E-state index contributed by atoms with van der Waals surface area (Å²) in [6.07, 6.45) is 2.85. The molecule has 3 N–H and O–H groups in total. The molecule has 3 heteroatoms. The molecule has 0 bridgehead atoms. The van der Waals surface area contributed by atoms with E-state index < -0.39 is 0 Å². The lowest BCUT2D eigenvalue weighted by Gasteiger charge is -2.15. The first-order valence-corrected chi connectivity index (χ1v) is 5.83. The van der Waals surface area contributed by atoms with Crippen molar-refractivity contribution in [3.05, 3.63) is 35.9 Å². The summed E-state index contributed by atoms with van der Waals surface area (Å²) in [6, 6.07) is 9.96. The van der Waals surface area contributed by atoms with Crippen LogP contribution in [0.5, 0.6) is 0 Å². The normalized spacial score (nSPS) is 16.8. The number of amides is 1. The zero-order chi connectivity index (χ0) is 11.4. The lowest BCUT2D eigenvalue weighted by Crippen LogP contribution is -2.42. The predicted molar refractivity (Wildman–Crippen MR) is 63.9 cm³/mol. The number of hydrogen-bond donors (Lipinski definition) is 2. The molecule has 0 spiro atoms. The Hall–Kier alpha value is -1.35. The lowest BCUT2D eigenvalue weighted by molar-refractivity contribution is -0.121. The van der Waals surface area contributed by atoms with Gasteiger partial charge in [0.1, 0.15) is 0 Å². The molecule has 1 unspecified atom stereocenters. The molecule has 0 saturated heterocycles. The maximum atomic E-state index is 11.7. The number of nitrogens with one attached hydrogen (secondary N) is 1. The average molecular weight is 218 g/mol. The zero-order valence-corrected chi connectivity index (χ0v) is 9.36. The van der Waals surface area contributed by atoms with Gasteiger partial charge in [0.25, 0.3) is 0 Å². The van der Waals surface area contributed by atoms with Gasteiger partial charge < -0.3 is 11.1 Å². The highest BCUT2D eigenvalue weighted by Crippen LogP contribution is 2.32. The van der Waals surface area contributed by atoms with Crippen molar-refractivity contribution in [2.75, 3.05) is 6.54 Å². The van der Waals surface area contributed by atoms with Crippen LogP contribution in [0.15, 0.2) is 30.3 Å². The molecule has 1 saturated carbocycles. The molecular weight excluding hydrogens is 200 g/mol. The van der Waals surface area contributed by atoms with Crippen molar-refractivity contribution in [3.63, 3.8) is 0 Å². The highest BCUT2D eigenvalue weighted by Gasteiger charge is 2.31. The molecule has 1 aliphatic rings. The molecular formula is C13H18N2O. The van der Waals surface area contributed by atoms with Gasteiger partial charge in [-0.3, -0.25) is 4.79 Å². The van der Waals surface area contributed by atoms with Gasteiger partial charge in [0.2, 0.25) is 5.91 Å². The quantitative estimate of drug-likeness (QED) is 0.777. The van der Waals surface area contributed by atoms with Crippen LogP contribution in [-0.4, -0.2) is 18.5 Å². The Balaban J connectivity index is 1.83. The average Bonchev–Trinajstić information content (AvgIpc) is 3.11. The van der Waals surface area contributed by atoms with Crippen molar-refractivity contribution in [3.8, 4) is 0 Å². The van der Waals surface area contributed by atoms with Crippen LogP contribution in [0, 0.1) is 5.92 Å². The number of carbonyl (C=O) groups is 1. The van der Waals surface area contributed by atoms with Crippen molar-refractivity contribution >= 4 is 5.91 Å². The number of rotatable bonds is 5. The van der Waals surface area contributed by atoms with Gasteiger partial charge in [-0.2, -0.15) is 0 Å². The van der Waals surface area contributed by atoms with Crippen molar-refractivity contribution < 1.29 is 4.79 Å². The first-order valence-electron chi connectivity index (χ1n) is 5.83. The highest BCUT2D eigenvalue weighted by molar-refractivity contribution is 5.78. The van der Waals surface area contributed by atoms with E-state index in [-0.39, 0.29) is 11.9 Å². The van der Waals surface area contributed by atoms with E-state index in [4.69, 9.17) is 5.73 Å². The molecule has 0 heterocycles. The van der Waals surface area contributed by atoms with Crippen LogP contribution in [-0.2, 0) is 11.2 Å². The molecule has 1 amide bonds. The summed E-state index contributed by atoms with van der Waals surface area (Å²) in [6.45, 7) is 0.547. The van der Waals surface area contributed by atoms with E-state index in [1.807, 2.05) is 30.3 Å². The Morgan fingerprint density at radius 2 is 2.06 bits per heavy atom. The van der Waals surface area contributed by atoms with E-state index in [0.29, 0.717) is 18.9 Å². The Morgan fingerprint density at radius 1 is 1.38 bits per heavy atom. The minimum absolute atomic E-state index is 0.0774. The van der Waals surface area contributed by atoms with Gasteiger partial charge in [-0.05, 0) is 24.3 Å². The van der Waals surface area contributed by atoms with Gasteiger partial charge in [-0.25, -0.2) is 0 Å². The first kappa shape index (κ1) is 11.1. The second kappa shape index (κ2) is 5.12. The summed E-state index contributed by atoms with van der Waals surface area (Å²) in [5.74, 6) is 0.693. The molecule has 0 aliphatic heterocycles. The van der Waals surface area contributed by atoms with Crippen LogP contribution in [0.2, 0.25) is 0 Å². The second-order valence-corrected chi connectivity index (χ2v) is 4.41. The van der Waals surface area contributed by atoms with Crippen LogP contribution in [0.25, 0.3) is 0 Å². The van der Waals surface area contributed by atoms with Gasteiger partial charge in [0, 0.05) is 12.6 Å². The Bertz CT molecular complexity index is 346. The summed E-state index contributed by atoms with van der Waals surface area (Å²) in [4.78, 5) is 11.7. The smallest absolute Gasteiger partial charge is 0.224 e. The molecule has 1 aromatic carbocycles. The van der Waals surface area contributed by atoms with Crippen molar-refractivity contribution in [2.45, 2.75) is 25.3 Å². The van der Waals surface area contributed by atoms with Crippen LogP contribution in [0.3, 0.4) is 0 Å². The van der Waals surface area contributed by atoms with E-state index in [1.54, 1.807) is 0 Å². The third-order valence-corrected chi connectivity index (χ3v) is 3.00. The van der Waals surface area contributed by atoms with Crippen LogP contribution in [0.1, 0.15) is 18.4 Å². The Kier molecular flexibility index (Phi) is 3.57. The SMILES string of the molecule is NCC(NC(=O)Cc1ccccc1)C1CC1. The number of benzene rings is 1. The van der Waals surface area contributed by atoms with Crippen molar-refractivity contribution in [1.29, 1.82) is 0 Å². The van der Waals surface area contributed by atoms with E-state index in [2.05, 4.69) is 5.32 Å². The van der Waals surface area contributed by atoms with E-state index in [1.165, 1.54) is 12.8 Å². The van der Waals surface area contributed by atoms with Gasteiger partial charge >= 0.3 is 0 Å². The molecule has 1 fully saturated rings. The minimum Gasteiger partial charge on any atom is -0.352 e. The number of nitrogens with two attached hydrogens (primary N) is 1. The van der Waals surface area contributed by atoms with Gasteiger partial charge in [-0.1, -0.05) is 30.3 Å². The Morgan fingerprint density at radius 3 is 2.62 bits per heavy atom. The summed E-state index contributed by atoms with van der Waals surface area (Å²) < 4.78 is 0. The maximum Gasteiger partial charge on any atom is 0.224 e. The van der Waals surface area contributed by atoms with Crippen LogP contribution in [0.4, 0.5) is 0 Å². The van der Waals surface area contributed by atoms with Gasteiger partial charge in [0.15, 0.2) is 0 Å². The molecule has 3 nitrogen and oxygen atoms in total. The molecule has 86 valence electrons. The van der Waals surface area contributed by atoms with E-state index >= 15 is 0 Å². The lowest BCUT2D eigenvalue weighted by atomic mass is 10.1. The standard InChI is InChI=1S/C13H18N2O/c14-9-12(11-6-7-11)15-13(16)8-10-4-2-1-3-5-10/h1-5,11-12H,6-9,14H2,(H,15,16). The fourth-order valence-electron chi connectivity index (χ4n) is 1.91. The first-order chi connectivity index (χ1) is 7.79. The second-order valence-electron chi connectivity index (χ2n) is 4.41. The summed E-state index contributed by atoms with van der Waals surface area (Å²) in [7, 11) is 0. The Labute approximate surface area is 96.0 Å². The van der Waals surface area contributed by atoms with Crippen LogP contribution >= 0.6 is 0 Å². The molecule has 0 radical (unpaired) electrons. The monoisotopic (exact) mass is 218 g/mol. The fourth-order valence-corrected chi connectivity index (χ4v) is 1.91. The zero-order valence-electron chi connectivity index (χ0n) is 9.36.